The zero-order valence-electron chi connectivity index (χ0n) is 44.6. The molecule has 0 unspecified atom stereocenters. The van der Waals surface area contributed by atoms with Crippen molar-refractivity contribution in [2.75, 3.05) is 77.5 Å². The van der Waals surface area contributed by atoms with Gasteiger partial charge < -0.3 is 33.2 Å². The number of hydrogen-bond donors (Lipinski definition) is 0. The van der Waals surface area contributed by atoms with Gasteiger partial charge in [0.15, 0.2) is 0 Å². The summed E-state index contributed by atoms with van der Waals surface area (Å²) in [4.78, 5) is 5.13. The van der Waals surface area contributed by atoms with Crippen LogP contribution in [0.5, 0.6) is 23.0 Å². The fraction of sp³-hybridized carbons (Fsp3) is 0.678. The molecule has 2 aromatic rings. The third-order valence-electron chi connectivity index (χ3n) is 13.8. The van der Waals surface area contributed by atoms with E-state index >= 15 is 0 Å². The minimum atomic E-state index is 0.759. The largest absolute Gasteiger partial charge is 0.496 e. The molecule has 2 aromatic carbocycles. The van der Waals surface area contributed by atoms with Crippen LogP contribution in [0.3, 0.4) is 0 Å². The summed E-state index contributed by atoms with van der Waals surface area (Å²) in [6.07, 6.45) is 29.2. The van der Waals surface area contributed by atoms with E-state index in [0.29, 0.717) is 0 Å². The molecule has 8 nitrogen and oxygen atoms in total. The predicted molar refractivity (Wildman–Crippen MR) is 289 cm³/mol. The fourth-order valence-electron chi connectivity index (χ4n) is 9.80. The first kappa shape index (κ1) is 55.5. The Bertz CT molecular complexity index is 1960. The maximum absolute atomic E-state index is 7.28. The minimum Gasteiger partial charge on any atom is -0.496 e. The molecule has 2 aliphatic rings. The number of ether oxygens (including phenoxy) is 4. The first-order valence-corrected chi connectivity index (χ1v) is 27.4. The molecule has 0 radical (unpaired) electrons. The quantitative estimate of drug-likeness (QED) is 0.0254. The van der Waals surface area contributed by atoms with Gasteiger partial charge >= 0.3 is 0 Å². The molecule has 0 saturated heterocycles. The third kappa shape index (κ3) is 16.5. The van der Waals surface area contributed by atoms with E-state index < -0.39 is 0 Å². The van der Waals surface area contributed by atoms with Crippen LogP contribution in [0.4, 0.5) is 11.4 Å². The van der Waals surface area contributed by atoms with Crippen LogP contribution in [-0.4, -0.2) is 67.7 Å². The lowest BCUT2D eigenvalue weighted by atomic mass is 9.90. The second-order valence-electron chi connectivity index (χ2n) is 19.1. The molecule has 376 valence electrons. The molecule has 0 spiro atoms. The number of methoxy groups -OCH3 is 4. The highest BCUT2D eigenvalue weighted by molar-refractivity contribution is 6.10. The highest BCUT2D eigenvalue weighted by Gasteiger charge is 2.31. The summed E-state index contributed by atoms with van der Waals surface area (Å²) >= 11 is 0. The van der Waals surface area contributed by atoms with Gasteiger partial charge in [-0.25, -0.2) is 4.58 Å². The number of hydrogen-bond acceptors (Lipinski definition) is 7. The average molecular weight is 927 g/mol. The Balaban J connectivity index is 2.12. The molecule has 0 aromatic heterocycles. The Morgan fingerprint density at radius 3 is 1.16 bits per heavy atom. The van der Waals surface area contributed by atoms with Gasteiger partial charge in [0.25, 0.3) is 0 Å². The molecule has 8 heteroatoms. The number of nitrogens with zero attached hydrogens (tertiary/aromatic N) is 3. The molecule has 67 heavy (non-hydrogen) atoms. The standard InChI is InChI=1S/C59H96N3O5/c1-11-17-23-29-35-60(36-30-24-18-12-2)47-41-50(63-7)56(51(42-47)64-8)59-57-52(65-9)43-48(61(37-31-25-19-13-3)38-32-26-20-14-4)45-54(57)67-55-46-49(44-53(66-10)58(55)59)62(39-33-27-21-15-5)40-34-28-22-16-6/h41-46H,11-40H2,1-10H3/q+1. The van der Waals surface area contributed by atoms with E-state index in [1.165, 1.54) is 116 Å². The van der Waals surface area contributed by atoms with Crippen LogP contribution >= 0.6 is 0 Å². The monoisotopic (exact) mass is 927 g/mol. The number of anilines is 2. The van der Waals surface area contributed by atoms with Crippen LogP contribution in [0.2, 0.25) is 0 Å². The fourth-order valence-corrected chi connectivity index (χ4v) is 9.80. The zero-order chi connectivity index (χ0) is 48.2. The molecule has 0 N–H and O–H groups in total. The summed E-state index contributed by atoms with van der Waals surface area (Å²) in [5.41, 5.74) is 5.75. The second-order valence-corrected chi connectivity index (χ2v) is 19.1. The number of fused-ring (bicyclic) bond motifs is 2. The van der Waals surface area contributed by atoms with E-state index in [2.05, 4.69) is 92.3 Å². The van der Waals surface area contributed by atoms with E-state index in [4.69, 9.17) is 23.4 Å². The topological polar surface area (TPSA) is 59.6 Å². The van der Waals surface area contributed by atoms with Crippen LogP contribution in [0.25, 0.3) is 33.4 Å². The van der Waals surface area contributed by atoms with Crippen LogP contribution in [0, 0.1) is 0 Å². The predicted octanol–water partition coefficient (Wildman–Crippen LogP) is 16.1. The van der Waals surface area contributed by atoms with Crippen molar-refractivity contribution >= 4 is 22.3 Å². The van der Waals surface area contributed by atoms with E-state index in [1.54, 1.807) is 28.4 Å². The molecule has 1 heterocycles. The van der Waals surface area contributed by atoms with Crippen molar-refractivity contribution in [3.63, 3.8) is 0 Å². The Hall–Kier alpha value is -4.07. The third-order valence-corrected chi connectivity index (χ3v) is 13.8. The number of rotatable bonds is 37. The number of benzene rings is 3. The second kappa shape index (κ2) is 31.9. The van der Waals surface area contributed by atoms with Gasteiger partial charge in [0.1, 0.15) is 47.4 Å². The van der Waals surface area contributed by atoms with Gasteiger partial charge in [0, 0.05) is 80.2 Å². The normalized spacial score (nSPS) is 11.4. The first-order valence-electron chi connectivity index (χ1n) is 27.4. The summed E-state index contributed by atoms with van der Waals surface area (Å²) in [6, 6.07) is 13.5. The van der Waals surface area contributed by atoms with Crippen molar-refractivity contribution in [2.24, 2.45) is 0 Å². The molecule has 4 rings (SSSR count). The van der Waals surface area contributed by atoms with Gasteiger partial charge in [0.05, 0.1) is 57.1 Å². The Morgan fingerprint density at radius 2 is 0.761 bits per heavy atom. The van der Waals surface area contributed by atoms with Crippen LogP contribution < -0.4 is 38.7 Å². The molecular weight excluding hydrogens is 831 g/mol. The minimum absolute atomic E-state index is 0.759. The first-order chi connectivity index (χ1) is 32.9. The molecular formula is C59H96N3O5+. The smallest absolute Gasteiger partial charge is 0.207 e. The van der Waals surface area contributed by atoms with Crippen molar-refractivity contribution in [2.45, 2.75) is 196 Å². The van der Waals surface area contributed by atoms with Gasteiger partial charge in [-0.2, -0.15) is 0 Å². The number of unbranched alkanes of at least 4 members (excludes halogenated alkanes) is 18. The lowest BCUT2D eigenvalue weighted by Gasteiger charge is -2.29. The van der Waals surface area contributed by atoms with E-state index in [-0.39, 0.29) is 0 Å². The van der Waals surface area contributed by atoms with Gasteiger partial charge in [-0.05, 0) is 38.5 Å². The van der Waals surface area contributed by atoms with Crippen molar-refractivity contribution in [3.8, 4) is 45.4 Å². The zero-order valence-corrected chi connectivity index (χ0v) is 44.6. The van der Waals surface area contributed by atoms with Crippen molar-refractivity contribution in [3.05, 3.63) is 41.8 Å². The van der Waals surface area contributed by atoms with Crippen LogP contribution in [0.15, 0.2) is 40.8 Å². The van der Waals surface area contributed by atoms with Crippen molar-refractivity contribution in [1.82, 2.24) is 4.58 Å². The highest BCUT2D eigenvalue weighted by atomic mass is 16.5. The SMILES string of the molecule is CCCCCCN(CCCCCC)c1cc(OC)c(-c2c3c(OC)cc(=[N+](CCCCCC)CCCCCC)cc-3oc3cc(N(CCCCCC)CCCCCC)cc(OC)c23)c(OC)c1. The van der Waals surface area contributed by atoms with E-state index in [9.17, 15) is 0 Å². The van der Waals surface area contributed by atoms with Crippen molar-refractivity contribution in [1.29, 1.82) is 0 Å². The molecule has 1 aliphatic carbocycles. The highest BCUT2D eigenvalue weighted by Crippen LogP contribution is 2.54. The maximum Gasteiger partial charge on any atom is 0.207 e. The molecule has 0 saturated carbocycles. The summed E-state index contributed by atoms with van der Waals surface area (Å²) in [7, 11) is 7.17. The molecule has 1 aliphatic heterocycles. The summed E-state index contributed by atoms with van der Waals surface area (Å²) in [5.74, 6) is 3.83. The Morgan fingerprint density at radius 1 is 0.388 bits per heavy atom. The molecule has 0 amide bonds. The van der Waals surface area contributed by atoms with Gasteiger partial charge in [-0.1, -0.05) is 144 Å². The van der Waals surface area contributed by atoms with Gasteiger partial charge in [-0.15, -0.1) is 0 Å². The Labute approximate surface area is 409 Å². The molecule has 0 bridgehead atoms. The molecule has 0 atom stereocenters. The van der Waals surface area contributed by atoms with Crippen LogP contribution in [-0.2, 0) is 0 Å². The van der Waals surface area contributed by atoms with Crippen molar-refractivity contribution < 1.29 is 23.4 Å². The van der Waals surface area contributed by atoms with Gasteiger partial charge in [-0.3, -0.25) is 0 Å². The lowest BCUT2D eigenvalue weighted by Crippen LogP contribution is -2.32. The summed E-state index contributed by atoms with van der Waals surface area (Å²) in [6.45, 7) is 19.7. The van der Waals surface area contributed by atoms with E-state index in [0.717, 1.165) is 151 Å². The summed E-state index contributed by atoms with van der Waals surface area (Å²) in [5, 5.41) is 2.03. The average Bonchev–Trinajstić information content (AvgIpc) is 3.35. The van der Waals surface area contributed by atoms with E-state index in [1.807, 2.05) is 0 Å². The Kier molecular flexibility index (Phi) is 26.4. The molecule has 0 fully saturated rings. The van der Waals surface area contributed by atoms with Crippen LogP contribution in [0.1, 0.15) is 196 Å². The van der Waals surface area contributed by atoms with Gasteiger partial charge in [0.2, 0.25) is 5.36 Å². The summed E-state index contributed by atoms with van der Waals surface area (Å²) < 4.78 is 35.9. The lowest BCUT2D eigenvalue weighted by molar-refractivity contribution is 0.396. The maximum atomic E-state index is 7.28.